The van der Waals surface area contributed by atoms with Crippen molar-refractivity contribution in [2.24, 2.45) is 0 Å². The van der Waals surface area contributed by atoms with Crippen LogP contribution in [0.4, 0.5) is 5.82 Å². The summed E-state index contributed by atoms with van der Waals surface area (Å²) in [6.45, 7) is -0.675. The van der Waals surface area contributed by atoms with E-state index in [0.29, 0.717) is 11.6 Å². The van der Waals surface area contributed by atoms with Crippen LogP contribution in [0.15, 0.2) is 35.5 Å². The number of fused-ring (bicyclic) bond motifs is 1. The van der Waals surface area contributed by atoms with Gasteiger partial charge in [0.25, 0.3) is 0 Å². The number of nitrogens with one attached hydrogen (secondary N) is 1. The lowest BCUT2D eigenvalue weighted by Crippen LogP contribution is -2.33. The van der Waals surface area contributed by atoms with E-state index in [2.05, 4.69) is 33.4 Å². The highest BCUT2D eigenvalue weighted by Crippen LogP contribution is 2.66. The van der Waals surface area contributed by atoms with Gasteiger partial charge in [0.2, 0.25) is 0 Å². The van der Waals surface area contributed by atoms with E-state index in [1.807, 2.05) is 0 Å². The zero-order chi connectivity index (χ0) is 27.0. The first kappa shape index (κ1) is 27.9. The number of rotatable bonds is 11. The molecule has 0 amide bonds. The molecule has 0 aromatic carbocycles. The standard InChI is InChI=1S/C15H20N5O14P3/c21-11-9(5-31-36(26,27)34-37(28,29)33-35(23,24)25)32-15(12(11)22)20-7-19-10-13(17-6-18-14(10)20)16-4-8-2-1-3-30-8/h1-3,6-7,9,11-12,15,21-22H,4-5H2,(H,26,27)(H,28,29)(H,16,17,18)(H2,23,24,25)/t9-,11+,12?,15-/m1/s1. The van der Waals surface area contributed by atoms with E-state index in [1.54, 1.807) is 12.1 Å². The molecule has 1 saturated heterocycles. The van der Waals surface area contributed by atoms with Crippen molar-refractivity contribution in [1.29, 1.82) is 0 Å². The Morgan fingerprint density at radius 3 is 2.46 bits per heavy atom. The zero-order valence-corrected chi connectivity index (χ0v) is 20.9. The second-order valence-electron chi connectivity index (χ2n) is 7.41. The first-order valence-electron chi connectivity index (χ1n) is 9.98. The van der Waals surface area contributed by atoms with Crippen LogP contribution in [0, 0.1) is 0 Å². The minimum absolute atomic E-state index is 0.196. The van der Waals surface area contributed by atoms with Gasteiger partial charge in [-0.3, -0.25) is 9.09 Å². The third kappa shape index (κ3) is 6.87. The predicted octanol–water partition coefficient (Wildman–Crippen LogP) is -0.00610. The summed E-state index contributed by atoms with van der Waals surface area (Å²) in [7, 11) is -16.7. The Labute approximate surface area is 206 Å². The summed E-state index contributed by atoms with van der Waals surface area (Å²) < 4.78 is 57.8. The number of nitrogens with zero attached hydrogens (tertiary/aromatic N) is 4. The Morgan fingerprint density at radius 1 is 1.03 bits per heavy atom. The van der Waals surface area contributed by atoms with Crippen LogP contribution in [-0.2, 0) is 38.1 Å². The largest absolute Gasteiger partial charge is 0.490 e. The third-order valence-corrected chi connectivity index (χ3v) is 8.60. The maximum atomic E-state index is 11.9. The van der Waals surface area contributed by atoms with Gasteiger partial charge in [-0.05, 0) is 12.1 Å². The highest BCUT2D eigenvalue weighted by Gasteiger charge is 2.47. The van der Waals surface area contributed by atoms with Gasteiger partial charge < -0.3 is 44.3 Å². The topological polar surface area (TPSA) is 278 Å². The average Bonchev–Trinajstić information content (AvgIpc) is 3.49. The molecule has 1 aliphatic heterocycles. The number of phosphoric acid groups is 3. The number of ether oxygens (including phenoxy) is 1. The Morgan fingerprint density at radius 2 is 1.78 bits per heavy atom. The number of hydrogen-bond acceptors (Lipinski definition) is 14. The van der Waals surface area contributed by atoms with E-state index in [4.69, 9.17) is 18.9 Å². The van der Waals surface area contributed by atoms with Gasteiger partial charge in [0.1, 0.15) is 30.4 Å². The Hall–Kier alpha value is -2.08. The average molecular weight is 587 g/mol. The number of anilines is 1. The molecule has 0 bridgehead atoms. The molecule has 204 valence electrons. The minimum Gasteiger partial charge on any atom is -0.467 e. The lowest BCUT2D eigenvalue weighted by Gasteiger charge is -2.19. The molecule has 0 aliphatic carbocycles. The number of aliphatic hydroxyl groups is 2. The number of aliphatic hydroxyl groups excluding tert-OH is 2. The van der Waals surface area contributed by atoms with E-state index in [-0.39, 0.29) is 17.7 Å². The van der Waals surface area contributed by atoms with E-state index >= 15 is 0 Å². The molecule has 6 atom stereocenters. The monoisotopic (exact) mass is 587 g/mol. The Balaban J connectivity index is 1.44. The number of imidazole rings is 1. The van der Waals surface area contributed by atoms with E-state index in [0.717, 1.165) is 0 Å². The fourth-order valence-corrected chi connectivity index (χ4v) is 6.35. The second kappa shape index (κ2) is 10.6. The molecule has 3 aromatic heterocycles. The van der Waals surface area contributed by atoms with Gasteiger partial charge in [-0.15, -0.1) is 0 Å². The minimum atomic E-state index is -5.72. The van der Waals surface area contributed by atoms with Crippen LogP contribution in [0.5, 0.6) is 0 Å². The summed E-state index contributed by atoms with van der Waals surface area (Å²) in [5.74, 6) is 0.958. The molecule has 1 fully saturated rings. The smallest absolute Gasteiger partial charge is 0.467 e. The van der Waals surface area contributed by atoms with Crippen molar-refractivity contribution in [2.75, 3.05) is 11.9 Å². The lowest BCUT2D eigenvalue weighted by molar-refractivity contribution is -0.0503. The van der Waals surface area contributed by atoms with Crippen molar-refractivity contribution in [1.82, 2.24) is 19.5 Å². The molecule has 3 aromatic rings. The molecule has 0 spiro atoms. The Kier molecular flexibility index (Phi) is 8.00. The summed E-state index contributed by atoms with van der Waals surface area (Å²) >= 11 is 0. The van der Waals surface area contributed by atoms with Gasteiger partial charge in [0.05, 0.1) is 25.7 Å². The number of aromatic nitrogens is 4. The van der Waals surface area contributed by atoms with Crippen molar-refractivity contribution < 1.29 is 65.8 Å². The van der Waals surface area contributed by atoms with Gasteiger partial charge in [-0.2, -0.15) is 8.62 Å². The van der Waals surface area contributed by atoms with Crippen molar-refractivity contribution in [3.8, 4) is 0 Å². The normalized spacial score (nSPS) is 25.7. The fourth-order valence-electron chi connectivity index (χ4n) is 3.32. The highest BCUT2D eigenvalue weighted by atomic mass is 31.3. The summed E-state index contributed by atoms with van der Waals surface area (Å²) in [5.41, 5.74) is 0.484. The second-order valence-corrected chi connectivity index (χ2v) is 11.8. The number of hydrogen-bond donors (Lipinski definition) is 7. The van der Waals surface area contributed by atoms with E-state index < -0.39 is 54.6 Å². The van der Waals surface area contributed by atoms with Gasteiger partial charge in [-0.25, -0.2) is 28.6 Å². The van der Waals surface area contributed by atoms with Crippen LogP contribution in [0.3, 0.4) is 0 Å². The van der Waals surface area contributed by atoms with Gasteiger partial charge >= 0.3 is 23.5 Å². The summed E-state index contributed by atoms with van der Waals surface area (Å²) in [4.78, 5) is 48.4. The van der Waals surface area contributed by atoms with Gasteiger partial charge in [0, 0.05) is 0 Å². The molecular formula is C15H20N5O14P3. The molecule has 37 heavy (non-hydrogen) atoms. The first-order valence-corrected chi connectivity index (χ1v) is 14.5. The molecular weight excluding hydrogens is 567 g/mol. The van der Waals surface area contributed by atoms with Crippen LogP contribution in [0.2, 0.25) is 0 Å². The molecule has 1 aliphatic rings. The van der Waals surface area contributed by atoms with Crippen LogP contribution in [0.25, 0.3) is 11.2 Å². The number of furan rings is 1. The third-order valence-electron chi connectivity index (χ3n) is 4.80. The predicted molar refractivity (Wildman–Crippen MR) is 117 cm³/mol. The fraction of sp³-hybridized carbons (Fsp3) is 0.400. The van der Waals surface area contributed by atoms with Gasteiger partial charge in [-0.1, -0.05) is 0 Å². The van der Waals surface area contributed by atoms with Crippen LogP contribution >= 0.6 is 23.5 Å². The molecule has 7 N–H and O–H groups in total. The molecule has 4 rings (SSSR count). The van der Waals surface area contributed by atoms with Crippen LogP contribution < -0.4 is 5.32 Å². The van der Waals surface area contributed by atoms with E-state index in [1.165, 1.54) is 23.5 Å². The maximum absolute atomic E-state index is 11.9. The first-order chi connectivity index (χ1) is 17.2. The molecule has 0 saturated carbocycles. The molecule has 19 nitrogen and oxygen atoms in total. The van der Waals surface area contributed by atoms with Crippen molar-refractivity contribution in [3.05, 3.63) is 36.8 Å². The SMILES string of the molecule is O=P(O)(O)OP(=O)(O)OP(=O)(O)OC[C@H]1O[C@@H](n2cnc3c(NCc4ccco4)ncnc32)C(O)[C@H]1O. The lowest BCUT2D eigenvalue weighted by atomic mass is 10.1. The molecule has 0 radical (unpaired) electrons. The molecule has 4 heterocycles. The van der Waals surface area contributed by atoms with Crippen molar-refractivity contribution in [3.63, 3.8) is 0 Å². The van der Waals surface area contributed by atoms with E-state index in [9.17, 15) is 33.7 Å². The maximum Gasteiger partial charge on any atom is 0.490 e. The van der Waals surface area contributed by atoms with Gasteiger partial charge in [0.15, 0.2) is 23.2 Å². The van der Waals surface area contributed by atoms with Crippen LogP contribution in [-0.4, -0.2) is 74.2 Å². The zero-order valence-electron chi connectivity index (χ0n) is 18.2. The quantitative estimate of drug-likeness (QED) is 0.145. The van der Waals surface area contributed by atoms with Crippen molar-refractivity contribution >= 4 is 40.4 Å². The summed E-state index contributed by atoms with van der Waals surface area (Å²) in [5, 5.41) is 23.9. The Bertz CT molecular complexity index is 1380. The summed E-state index contributed by atoms with van der Waals surface area (Å²) in [6, 6.07) is 3.46. The van der Waals surface area contributed by atoms with Crippen molar-refractivity contribution in [2.45, 2.75) is 31.1 Å². The van der Waals surface area contributed by atoms with Crippen LogP contribution in [0.1, 0.15) is 12.0 Å². The molecule has 22 heteroatoms. The highest BCUT2D eigenvalue weighted by molar-refractivity contribution is 7.66. The molecule has 3 unspecified atom stereocenters. The summed E-state index contributed by atoms with van der Waals surface area (Å²) in [6.07, 6.45) is -2.10. The number of phosphoric ester groups is 1.